The quantitative estimate of drug-likeness (QED) is 0.618. The Morgan fingerprint density at radius 1 is 1.32 bits per heavy atom. The van der Waals surface area contributed by atoms with Crippen LogP contribution in [0.3, 0.4) is 0 Å². The van der Waals surface area contributed by atoms with Gasteiger partial charge in [-0.05, 0) is 56.1 Å². The van der Waals surface area contributed by atoms with Crippen LogP contribution >= 0.6 is 11.6 Å². The van der Waals surface area contributed by atoms with Crippen molar-refractivity contribution in [2.24, 2.45) is 28.6 Å². The molecule has 0 aromatic heterocycles. The van der Waals surface area contributed by atoms with E-state index in [0.29, 0.717) is 12.8 Å². The molecule has 0 aromatic carbocycles. The summed E-state index contributed by atoms with van der Waals surface area (Å²) in [6.07, 6.45) is 0.562. The van der Waals surface area contributed by atoms with E-state index >= 15 is 8.78 Å². The molecule has 0 bridgehead atoms. The second kappa shape index (κ2) is 7.38. The molecule has 0 saturated heterocycles. The van der Waals surface area contributed by atoms with Crippen LogP contribution in [0.4, 0.5) is 8.78 Å². The van der Waals surface area contributed by atoms with Crippen molar-refractivity contribution in [2.45, 2.75) is 83.8 Å². The van der Waals surface area contributed by atoms with Crippen LogP contribution in [0.1, 0.15) is 59.8 Å². The van der Waals surface area contributed by atoms with E-state index in [1.165, 1.54) is 12.2 Å². The zero-order valence-corrected chi connectivity index (χ0v) is 19.2. The first-order chi connectivity index (χ1) is 14.5. The number of alkyl halides is 2. The lowest BCUT2D eigenvalue weighted by Gasteiger charge is -2.62. The topological polar surface area (TPSA) is 63.6 Å². The predicted octanol–water partition coefficient (Wildman–Crippen LogP) is 4.83. The predicted molar refractivity (Wildman–Crippen MR) is 113 cm³/mol. The van der Waals surface area contributed by atoms with Gasteiger partial charge in [-0.3, -0.25) is 9.59 Å². The number of hydrogen-bond donors (Lipinski definition) is 1. The standard InChI is InChI=1S/C24H31ClF2O4/c1-5-18(30)31-21-12(3)9-13-14-10-15(26)19-20(25)16(28)7-8-22(19,4)24(14,27)17(29)11-23(13,21)6-2/h7-8,12-15,17,21,29H,5-6,9-11H2,1-4H3/t12-,13+,14+,15+,17+,21-,22+,23+,24+/m1/s1. The van der Waals surface area contributed by atoms with Gasteiger partial charge >= 0.3 is 5.97 Å². The average Bonchev–Trinajstić information content (AvgIpc) is 2.99. The number of fused-ring (bicyclic) bond motifs is 5. The van der Waals surface area contributed by atoms with Crippen LogP contribution in [0.2, 0.25) is 0 Å². The lowest BCUT2D eigenvalue weighted by atomic mass is 9.44. The Kier molecular flexibility index (Phi) is 5.45. The molecule has 7 heteroatoms. The molecule has 172 valence electrons. The summed E-state index contributed by atoms with van der Waals surface area (Å²) < 4.78 is 38.5. The third-order valence-corrected chi connectivity index (χ3v) is 9.28. The highest BCUT2D eigenvalue weighted by Gasteiger charge is 2.74. The minimum atomic E-state index is -2.17. The molecule has 3 fully saturated rings. The lowest BCUT2D eigenvalue weighted by Crippen LogP contribution is -2.69. The number of esters is 1. The third kappa shape index (κ3) is 2.79. The van der Waals surface area contributed by atoms with Gasteiger partial charge in [-0.2, -0.15) is 0 Å². The number of halogens is 3. The van der Waals surface area contributed by atoms with E-state index in [4.69, 9.17) is 16.3 Å². The largest absolute Gasteiger partial charge is 0.461 e. The minimum Gasteiger partial charge on any atom is -0.461 e. The van der Waals surface area contributed by atoms with Crippen LogP contribution in [0.25, 0.3) is 0 Å². The molecule has 0 aliphatic heterocycles. The van der Waals surface area contributed by atoms with E-state index in [9.17, 15) is 14.7 Å². The van der Waals surface area contributed by atoms with E-state index in [2.05, 4.69) is 0 Å². The van der Waals surface area contributed by atoms with Gasteiger partial charge in [0.1, 0.15) is 12.3 Å². The summed E-state index contributed by atoms with van der Waals surface area (Å²) >= 11 is 6.18. The summed E-state index contributed by atoms with van der Waals surface area (Å²) in [5.74, 6) is -1.91. The molecule has 0 aromatic rings. The summed E-state index contributed by atoms with van der Waals surface area (Å²) in [7, 11) is 0. The van der Waals surface area contributed by atoms with E-state index < -0.39 is 46.6 Å². The molecule has 4 nitrogen and oxygen atoms in total. The van der Waals surface area contributed by atoms with Gasteiger partial charge in [0.25, 0.3) is 0 Å². The summed E-state index contributed by atoms with van der Waals surface area (Å²) in [6, 6.07) is 0. The van der Waals surface area contributed by atoms with Gasteiger partial charge in [0, 0.05) is 23.2 Å². The highest BCUT2D eigenvalue weighted by atomic mass is 35.5. The molecule has 0 unspecified atom stereocenters. The molecule has 4 aliphatic carbocycles. The maximum Gasteiger partial charge on any atom is 0.305 e. The zero-order chi connectivity index (χ0) is 22.9. The number of ether oxygens (including phenoxy) is 1. The van der Waals surface area contributed by atoms with Gasteiger partial charge in [-0.1, -0.05) is 38.4 Å². The fourth-order valence-corrected chi connectivity index (χ4v) is 7.83. The zero-order valence-electron chi connectivity index (χ0n) is 18.5. The summed E-state index contributed by atoms with van der Waals surface area (Å²) in [5.41, 5.74) is -4.35. The molecule has 9 atom stereocenters. The molecule has 4 aliphatic rings. The number of carbonyl (C=O) groups is 2. The molecule has 3 saturated carbocycles. The Balaban J connectivity index is 1.84. The molecular weight excluding hydrogens is 426 g/mol. The lowest BCUT2D eigenvalue weighted by molar-refractivity contribution is -0.217. The van der Waals surface area contributed by atoms with Crippen LogP contribution in [0.15, 0.2) is 22.8 Å². The molecule has 0 radical (unpaired) electrons. The smallest absolute Gasteiger partial charge is 0.305 e. The van der Waals surface area contributed by atoms with E-state index in [0.717, 1.165) is 0 Å². The normalized spacial score (nSPS) is 48.8. The van der Waals surface area contributed by atoms with Gasteiger partial charge in [0.05, 0.1) is 11.1 Å². The van der Waals surface area contributed by atoms with Crippen LogP contribution in [-0.2, 0) is 14.3 Å². The van der Waals surface area contributed by atoms with Crippen molar-refractivity contribution >= 4 is 23.4 Å². The van der Waals surface area contributed by atoms with Crippen molar-refractivity contribution in [2.75, 3.05) is 0 Å². The van der Waals surface area contributed by atoms with E-state index in [1.807, 2.05) is 13.8 Å². The Labute approximate surface area is 187 Å². The second-order valence-corrected chi connectivity index (χ2v) is 10.5. The number of aliphatic hydroxyl groups is 1. The summed E-state index contributed by atoms with van der Waals surface area (Å²) in [5, 5.41) is 11.0. The molecule has 0 spiro atoms. The first kappa shape index (κ1) is 22.9. The van der Waals surface area contributed by atoms with Crippen molar-refractivity contribution < 1.29 is 28.2 Å². The first-order valence-electron chi connectivity index (χ1n) is 11.3. The van der Waals surface area contributed by atoms with Crippen LogP contribution in [0.5, 0.6) is 0 Å². The number of carbonyl (C=O) groups excluding carboxylic acids is 2. The van der Waals surface area contributed by atoms with Crippen LogP contribution in [-0.4, -0.2) is 40.9 Å². The number of rotatable bonds is 3. The molecule has 4 rings (SSSR count). The van der Waals surface area contributed by atoms with E-state index in [-0.39, 0.29) is 47.7 Å². The maximum atomic E-state index is 17.2. The average molecular weight is 457 g/mol. The van der Waals surface area contributed by atoms with Crippen molar-refractivity contribution in [3.8, 4) is 0 Å². The van der Waals surface area contributed by atoms with Gasteiger partial charge in [-0.25, -0.2) is 8.78 Å². The fraction of sp³-hybridized carbons (Fsp3) is 0.750. The Morgan fingerprint density at radius 3 is 2.61 bits per heavy atom. The van der Waals surface area contributed by atoms with Gasteiger partial charge in [0.2, 0.25) is 0 Å². The molecule has 0 amide bonds. The summed E-state index contributed by atoms with van der Waals surface area (Å²) in [6.45, 7) is 7.22. The SMILES string of the molecule is CCC(=O)O[C@@H]1[C@H](C)C[C@H]2[C@@H]3C[C@H](F)C4=C(Cl)C(=O)C=C[C@]4(C)[C@@]3(F)[C@@H](O)C[C@]12CC. The van der Waals surface area contributed by atoms with Crippen molar-refractivity contribution in [3.05, 3.63) is 22.8 Å². The summed E-state index contributed by atoms with van der Waals surface area (Å²) in [4.78, 5) is 24.3. The monoisotopic (exact) mass is 456 g/mol. The van der Waals surface area contributed by atoms with E-state index in [1.54, 1.807) is 13.8 Å². The fourth-order valence-electron chi connectivity index (χ4n) is 7.45. The molecule has 31 heavy (non-hydrogen) atoms. The number of ketones is 1. The Hall–Kier alpha value is -1.27. The number of aliphatic hydroxyl groups excluding tert-OH is 1. The van der Waals surface area contributed by atoms with Crippen LogP contribution in [0, 0.1) is 28.6 Å². The van der Waals surface area contributed by atoms with Crippen LogP contribution < -0.4 is 0 Å². The minimum absolute atomic E-state index is 0.0233. The maximum absolute atomic E-state index is 17.2. The molecule has 1 N–H and O–H groups in total. The van der Waals surface area contributed by atoms with Gasteiger partial charge in [0.15, 0.2) is 11.5 Å². The molecule has 0 heterocycles. The van der Waals surface area contributed by atoms with Gasteiger partial charge < -0.3 is 9.84 Å². The Bertz CT molecular complexity index is 872. The van der Waals surface area contributed by atoms with Crippen molar-refractivity contribution in [3.63, 3.8) is 0 Å². The highest BCUT2D eigenvalue weighted by molar-refractivity contribution is 6.45. The van der Waals surface area contributed by atoms with Gasteiger partial charge in [-0.15, -0.1) is 0 Å². The number of allylic oxidation sites excluding steroid dienone is 4. The molecular formula is C24H31ClF2O4. The third-order valence-electron chi connectivity index (χ3n) is 8.89. The number of hydrogen-bond acceptors (Lipinski definition) is 4. The Morgan fingerprint density at radius 2 is 2.00 bits per heavy atom. The second-order valence-electron chi connectivity index (χ2n) is 10.1. The van der Waals surface area contributed by atoms with Crippen molar-refractivity contribution in [1.82, 2.24) is 0 Å². The highest BCUT2D eigenvalue weighted by Crippen LogP contribution is 2.70. The van der Waals surface area contributed by atoms with Crippen molar-refractivity contribution in [1.29, 1.82) is 0 Å². The first-order valence-corrected chi connectivity index (χ1v) is 11.7.